The SMILES string of the molecule is CN=C(NCC1(c2ccc(F)cc2)CCCC1)NC(C)Cc1c(C)nn(C)c1C.I. The molecule has 0 amide bonds. The van der Waals surface area contributed by atoms with Gasteiger partial charge in [-0.05, 0) is 63.3 Å². The van der Waals surface area contributed by atoms with Crippen LogP contribution < -0.4 is 10.6 Å². The highest BCUT2D eigenvalue weighted by Crippen LogP contribution is 2.40. The fourth-order valence-corrected chi connectivity index (χ4v) is 4.57. The van der Waals surface area contributed by atoms with Gasteiger partial charge in [-0.3, -0.25) is 9.67 Å². The van der Waals surface area contributed by atoms with E-state index in [1.165, 1.54) is 29.7 Å². The van der Waals surface area contributed by atoms with Crippen molar-refractivity contribution in [3.63, 3.8) is 0 Å². The van der Waals surface area contributed by atoms with Crippen LogP contribution in [-0.4, -0.2) is 35.4 Å². The molecule has 3 rings (SSSR count). The summed E-state index contributed by atoms with van der Waals surface area (Å²) in [6, 6.07) is 7.25. The van der Waals surface area contributed by atoms with Crippen LogP contribution in [-0.2, 0) is 18.9 Å². The summed E-state index contributed by atoms with van der Waals surface area (Å²) in [7, 11) is 3.79. The van der Waals surface area contributed by atoms with Crippen LogP contribution in [0.5, 0.6) is 0 Å². The lowest BCUT2D eigenvalue weighted by Gasteiger charge is -2.31. The van der Waals surface area contributed by atoms with Gasteiger partial charge in [0.05, 0.1) is 5.69 Å². The minimum Gasteiger partial charge on any atom is -0.356 e. The van der Waals surface area contributed by atoms with Crippen molar-refractivity contribution >= 4 is 29.9 Å². The third-order valence-electron chi connectivity index (χ3n) is 6.39. The first kappa shape index (κ1) is 24.6. The summed E-state index contributed by atoms with van der Waals surface area (Å²) in [5.74, 6) is 0.632. The van der Waals surface area contributed by atoms with E-state index < -0.39 is 0 Å². The fraction of sp³-hybridized carbons (Fsp3) is 0.565. The van der Waals surface area contributed by atoms with Gasteiger partial charge in [-0.2, -0.15) is 5.10 Å². The lowest BCUT2D eigenvalue weighted by Crippen LogP contribution is -2.47. The summed E-state index contributed by atoms with van der Waals surface area (Å²) in [6.07, 6.45) is 5.55. The summed E-state index contributed by atoms with van der Waals surface area (Å²) in [5, 5.41) is 11.6. The molecule has 1 saturated carbocycles. The molecule has 1 aromatic carbocycles. The molecule has 1 heterocycles. The molecule has 30 heavy (non-hydrogen) atoms. The smallest absolute Gasteiger partial charge is 0.191 e. The Bertz CT molecular complexity index is 853. The number of aromatic nitrogens is 2. The van der Waals surface area contributed by atoms with Gasteiger partial charge in [0.2, 0.25) is 0 Å². The van der Waals surface area contributed by atoms with Crippen LogP contribution in [0.3, 0.4) is 0 Å². The Morgan fingerprint density at radius 3 is 2.40 bits per heavy atom. The zero-order valence-electron chi connectivity index (χ0n) is 18.8. The van der Waals surface area contributed by atoms with Gasteiger partial charge < -0.3 is 10.6 Å². The van der Waals surface area contributed by atoms with Crippen LogP contribution in [0.25, 0.3) is 0 Å². The molecule has 5 nitrogen and oxygen atoms in total. The Labute approximate surface area is 197 Å². The maximum atomic E-state index is 13.4. The molecule has 2 aromatic rings. The van der Waals surface area contributed by atoms with Crippen LogP contribution in [0.15, 0.2) is 29.3 Å². The first-order valence-corrected chi connectivity index (χ1v) is 10.6. The monoisotopic (exact) mass is 527 g/mol. The predicted octanol–water partition coefficient (Wildman–Crippen LogP) is 4.40. The molecule has 0 radical (unpaired) electrons. The summed E-state index contributed by atoms with van der Waals surface area (Å²) in [4.78, 5) is 4.43. The van der Waals surface area contributed by atoms with Crippen molar-refractivity contribution in [3.05, 3.63) is 52.6 Å². The van der Waals surface area contributed by atoms with Crippen molar-refractivity contribution in [1.82, 2.24) is 20.4 Å². The highest BCUT2D eigenvalue weighted by Gasteiger charge is 2.35. The normalized spacial score (nSPS) is 16.8. The molecule has 0 spiro atoms. The van der Waals surface area contributed by atoms with Gasteiger partial charge in [-0.15, -0.1) is 24.0 Å². The number of nitrogens with zero attached hydrogens (tertiary/aromatic N) is 3. The van der Waals surface area contributed by atoms with Crippen molar-refractivity contribution in [2.75, 3.05) is 13.6 Å². The number of aryl methyl sites for hydroxylation is 2. The van der Waals surface area contributed by atoms with Crippen LogP contribution in [0.2, 0.25) is 0 Å². The molecule has 166 valence electrons. The summed E-state index contributed by atoms with van der Waals surface area (Å²) in [5.41, 5.74) is 4.85. The van der Waals surface area contributed by atoms with Gasteiger partial charge in [0.15, 0.2) is 5.96 Å². The van der Waals surface area contributed by atoms with Crippen LogP contribution in [0.1, 0.15) is 55.1 Å². The van der Waals surface area contributed by atoms with Crippen molar-refractivity contribution < 1.29 is 4.39 Å². The molecule has 1 fully saturated rings. The van der Waals surface area contributed by atoms with Crippen LogP contribution >= 0.6 is 24.0 Å². The second-order valence-electron chi connectivity index (χ2n) is 8.44. The number of hydrogen-bond donors (Lipinski definition) is 2. The largest absolute Gasteiger partial charge is 0.356 e. The Balaban J connectivity index is 0.00000320. The molecule has 7 heteroatoms. The molecule has 0 bridgehead atoms. The highest BCUT2D eigenvalue weighted by atomic mass is 127. The number of guanidine groups is 1. The van der Waals surface area contributed by atoms with Crippen molar-refractivity contribution in [2.24, 2.45) is 12.0 Å². The van der Waals surface area contributed by atoms with E-state index in [1.54, 1.807) is 12.1 Å². The van der Waals surface area contributed by atoms with Crippen LogP contribution in [0.4, 0.5) is 4.39 Å². The first-order valence-electron chi connectivity index (χ1n) is 10.6. The van der Waals surface area contributed by atoms with E-state index in [0.717, 1.165) is 37.5 Å². The predicted molar refractivity (Wildman–Crippen MR) is 132 cm³/mol. The van der Waals surface area contributed by atoms with E-state index in [0.29, 0.717) is 0 Å². The molecule has 0 saturated heterocycles. The maximum absolute atomic E-state index is 13.4. The standard InChI is InChI=1S/C23H34FN5.HI/c1-16(14-21-17(2)28-29(5)18(21)3)27-22(25-4)26-15-23(12-6-7-13-23)19-8-10-20(24)11-9-19;/h8-11,16H,6-7,12-15H2,1-5H3,(H2,25,26,27);1H. The van der Waals surface area contributed by atoms with E-state index in [-0.39, 0.29) is 41.3 Å². The number of aliphatic imine (C=N–C) groups is 1. The zero-order chi connectivity index (χ0) is 21.0. The van der Waals surface area contributed by atoms with Gasteiger partial charge in [0.1, 0.15) is 5.82 Å². The molecule has 0 aliphatic heterocycles. The number of rotatable bonds is 6. The Morgan fingerprint density at radius 1 is 1.23 bits per heavy atom. The third-order valence-corrected chi connectivity index (χ3v) is 6.39. The molecule has 2 N–H and O–H groups in total. The molecule has 1 aliphatic carbocycles. The van der Waals surface area contributed by atoms with E-state index in [4.69, 9.17) is 0 Å². The number of benzene rings is 1. The van der Waals surface area contributed by atoms with Crippen molar-refractivity contribution in [1.29, 1.82) is 0 Å². The number of halogens is 2. The topological polar surface area (TPSA) is 54.2 Å². The Kier molecular flexibility index (Phi) is 8.70. The number of nitrogens with one attached hydrogen (secondary N) is 2. The molecular weight excluding hydrogens is 492 g/mol. The lowest BCUT2D eigenvalue weighted by atomic mass is 9.79. The second-order valence-corrected chi connectivity index (χ2v) is 8.44. The molecule has 1 unspecified atom stereocenters. The van der Waals surface area contributed by atoms with Gasteiger partial charge in [-0.25, -0.2) is 4.39 Å². The second kappa shape index (κ2) is 10.6. The Hall–Kier alpha value is -1.64. The fourth-order valence-electron chi connectivity index (χ4n) is 4.57. The van der Waals surface area contributed by atoms with Gasteiger partial charge in [0, 0.05) is 37.8 Å². The molecule has 1 atom stereocenters. The van der Waals surface area contributed by atoms with Gasteiger partial charge >= 0.3 is 0 Å². The highest BCUT2D eigenvalue weighted by molar-refractivity contribution is 14.0. The van der Waals surface area contributed by atoms with Crippen LogP contribution in [0, 0.1) is 19.7 Å². The summed E-state index contributed by atoms with van der Waals surface area (Å²) < 4.78 is 15.3. The minimum atomic E-state index is -0.179. The zero-order valence-corrected chi connectivity index (χ0v) is 21.1. The lowest BCUT2D eigenvalue weighted by molar-refractivity contribution is 0.429. The third kappa shape index (κ3) is 5.53. The average molecular weight is 527 g/mol. The van der Waals surface area contributed by atoms with E-state index >= 15 is 0 Å². The quantitative estimate of drug-likeness (QED) is 0.333. The molecule has 1 aliphatic rings. The van der Waals surface area contributed by atoms with Crippen molar-refractivity contribution in [2.45, 2.75) is 64.3 Å². The van der Waals surface area contributed by atoms with Crippen molar-refractivity contribution in [3.8, 4) is 0 Å². The van der Waals surface area contributed by atoms with E-state index in [2.05, 4.69) is 41.5 Å². The molecular formula is C23H35FIN5. The summed E-state index contributed by atoms with van der Waals surface area (Å²) >= 11 is 0. The van der Waals surface area contributed by atoms with E-state index in [9.17, 15) is 4.39 Å². The first-order chi connectivity index (χ1) is 13.8. The maximum Gasteiger partial charge on any atom is 0.191 e. The van der Waals surface area contributed by atoms with Gasteiger partial charge in [-0.1, -0.05) is 25.0 Å². The van der Waals surface area contributed by atoms with E-state index in [1.807, 2.05) is 30.9 Å². The van der Waals surface area contributed by atoms with Gasteiger partial charge in [0.25, 0.3) is 0 Å². The average Bonchev–Trinajstić information content (AvgIpc) is 3.27. The molecule has 1 aromatic heterocycles. The Morgan fingerprint density at radius 2 is 1.87 bits per heavy atom. The summed E-state index contributed by atoms with van der Waals surface area (Å²) in [6.45, 7) is 7.15. The number of hydrogen-bond acceptors (Lipinski definition) is 2. The minimum absolute atomic E-state index is 0.